The largest absolute Gasteiger partial charge is 0.366 e. The van der Waals surface area contributed by atoms with Crippen LogP contribution in [-0.4, -0.2) is 22.7 Å². The molecule has 0 radical (unpaired) electrons. The highest BCUT2D eigenvalue weighted by Gasteiger charge is 2.31. The number of amides is 3. The lowest BCUT2D eigenvalue weighted by molar-refractivity contribution is -0.117. The fraction of sp³-hybridized carbons (Fsp3) is 0.217. The van der Waals surface area contributed by atoms with Gasteiger partial charge in [-0.25, -0.2) is 4.98 Å². The molecule has 0 saturated carbocycles. The molecule has 3 aromatic rings. The zero-order valence-corrected chi connectivity index (χ0v) is 17.8. The highest BCUT2D eigenvalue weighted by Crippen LogP contribution is 2.37. The first-order chi connectivity index (χ1) is 14.9. The maximum Gasteiger partial charge on any atom is 0.257 e. The number of carbonyl (C=O) groups excluding carboxylic acids is 3. The topological polar surface area (TPSA) is 114 Å². The molecule has 1 atom stereocenters. The first-order valence-corrected chi connectivity index (χ1v) is 10.8. The molecule has 2 aromatic carbocycles. The van der Waals surface area contributed by atoms with Crippen LogP contribution in [-0.2, 0) is 11.2 Å². The van der Waals surface area contributed by atoms with E-state index >= 15 is 0 Å². The molecule has 8 heteroatoms. The van der Waals surface area contributed by atoms with E-state index < -0.39 is 11.8 Å². The van der Waals surface area contributed by atoms with Crippen molar-refractivity contribution in [2.45, 2.75) is 32.1 Å². The predicted molar refractivity (Wildman–Crippen MR) is 121 cm³/mol. The molecule has 0 bridgehead atoms. The van der Waals surface area contributed by atoms with Crippen LogP contribution in [0.3, 0.4) is 0 Å². The summed E-state index contributed by atoms with van der Waals surface area (Å²) in [6, 6.07) is 13.9. The average molecular weight is 435 g/mol. The normalized spacial score (nSPS) is 15.1. The van der Waals surface area contributed by atoms with E-state index in [-0.39, 0.29) is 17.4 Å². The second kappa shape index (κ2) is 8.69. The molecule has 3 amide bonds. The summed E-state index contributed by atoms with van der Waals surface area (Å²) in [7, 11) is 0. The van der Waals surface area contributed by atoms with Gasteiger partial charge in [0.25, 0.3) is 11.8 Å². The Labute approximate surface area is 183 Å². The van der Waals surface area contributed by atoms with E-state index in [4.69, 9.17) is 5.73 Å². The molecule has 1 unspecified atom stereocenters. The molecule has 1 aromatic heterocycles. The number of thiazole rings is 1. The van der Waals surface area contributed by atoms with Crippen LogP contribution in [0.15, 0.2) is 48.5 Å². The van der Waals surface area contributed by atoms with Crippen molar-refractivity contribution in [2.24, 2.45) is 5.73 Å². The second-order valence-electron chi connectivity index (χ2n) is 7.49. The average Bonchev–Trinajstić information content (AvgIpc) is 3.16. The Hall–Kier alpha value is -3.52. The molecule has 0 aliphatic heterocycles. The van der Waals surface area contributed by atoms with Crippen molar-refractivity contribution >= 4 is 39.9 Å². The molecule has 1 aliphatic rings. The number of hydrogen-bond acceptors (Lipinski definition) is 5. The predicted octanol–water partition coefficient (Wildman–Crippen LogP) is 3.86. The van der Waals surface area contributed by atoms with Gasteiger partial charge in [0.05, 0.1) is 22.9 Å². The summed E-state index contributed by atoms with van der Waals surface area (Å²) in [6.07, 6.45) is 2.30. The molecule has 0 spiro atoms. The first-order valence-electron chi connectivity index (χ1n) is 9.99. The molecular formula is C23H22N4O3S. The van der Waals surface area contributed by atoms with E-state index in [0.29, 0.717) is 28.5 Å². The zero-order valence-electron chi connectivity index (χ0n) is 17.0. The van der Waals surface area contributed by atoms with Gasteiger partial charge in [-0.15, -0.1) is 11.3 Å². The number of aryl methyl sites for hydroxylation is 2. The summed E-state index contributed by atoms with van der Waals surface area (Å²) < 4.78 is 0. The number of para-hydroxylation sites is 1. The number of primary amides is 1. The lowest BCUT2D eigenvalue weighted by Gasteiger charge is -2.21. The molecule has 0 saturated heterocycles. The molecule has 0 fully saturated rings. The minimum Gasteiger partial charge on any atom is -0.366 e. The van der Waals surface area contributed by atoms with E-state index in [1.807, 2.05) is 19.1 Å². The molecule has 158 valence electrons. The van der Waals surface area contributed by atoms with Gasteiger partial charge in [0, 0.05) is 10.4 Å². The highest BCUT2D eigenvalue weighted by molar-refractivity contribution is 7.16. The Morgan fingerprint density at radius 1 is 1.06 bits per heavy atom. The third-order valence-corrected chi connectivity index (χ3v) is 6.30. The standard InChI is InChI=1S/C23H22N4O3S/c1-13-9-11-14(12-10-13)21(29)27-23-26-19-16(6-4-8-18(19)31-23)22(30)25-17-7-3-2-5-15(17)20(24)28/h2-3,5,7,9-12,16H,4,6,8H2,1H3,(H2,24,28)(H,25,30)(H,26,27,29). The molecule has 1 heterocycles. The van der Waals surface area contributed by atoms with Crippen LogP contribution >= 0.6 is 11.3 Å². The van der Waals surface area contributed by atoms with Gasteiger partial charge in [-0.3, -0.25) is 19.7 Å². The van der Waals surface area contributed by atoms with E-state index in [1.165, 1.54) is 11.3 Å². The van der Waals surface area contributed by atoms with E-state index in [1.54, 1.807) is 36.4 Å². The summed E-state index contributed by atoms with van der Waals surface area (Å²) >= 11 is 1.40. The Kier molecular flexibility index (Phi) is 5.81. The van der Waals surface area contributed by atoms with Crippen molar-refractivity contribution in [1.82, 2.24) is 4.98 Å². The van der Waals surface area contributed by atoms with E-state index in [0.717, 1.165) is 23.3 Å². The number of benzene rings is 2. The maximum atomic E-state index is 13.0. The van der Waals surface area contributed by atoms with Crippen LogP contribution in [0.4, 0.5) is 10.8 Å². The number of nitrogens with one attached hydrogen (secondary N) is 2. The summed E-state index contributed by atoms with van der Waals surface area (Å²) in [4.78, 5) is 42.7. The highest BCUT2D eigenvalue weighted by atomic mass is 32.1. The monoisotopic (exact) mass is 434 g/mol. The zero-order chi connectivity index (χ0) is 22.0. The Bertz CT molecular complexity index is 1150. The Morgan fingerprint density at radius 2 is 1.81 bits per heavy atom. The third-order valence-electron chi connectivity index (χ3n) is 5.26. The number of rotatable bonds is 5. The summed E-state index contributed by atoms with van der Waals surface area (Å²) in [5.41, 5.74) is 8.37. The van der Waals surface area contributed by atoms with Gasteiger partial charge in [0.2, 0.25) is 5.91 Å². The maximum absolute atomic E-state index is 13.0. The van der Waals surface area contributed by atoms with Crippen molar-refractivity contribution in [3.63, 3.8) is 0 Å². The minimum absolute atomic E-state index is 0.234. The minimum atomic E-state index is -0.602. The Morgan fingerprint density at radius 3 is 2.55 bits per heavy atom. The van der Waals surface area contributed by atoms with Crippen LogP contribution in [0, 0.1) is 6.92 Å². The lowest BCUT2D eigenvalue weighted by Crippen LogP contribution is -2.26. The van der Waals surface area contributed by atoms with Gasteiger partial charge < -0.3 is 11.1 Å². The second-order valence-corrected chi connectivity index (χ2v) is 8.58. The number of anilines is 2. The van der Waals surface area contributed by atoms with Crippen LogP contribution in [0.2, 0.25) is 0 Å². The lowest BCUT2D eigenvalue weighted by atomic mass is 9.90. The van der Waals surface area contributed by atoms with Gasteiger partial charge >= 0.3 is 0 Å². The molecule has 4 rings (SSSR count). The SMILES string of the molecule is Cc1ccc(C(=O)Nc2nc3c(s2)CCCC3C(=O)Nc2ccccc2C(N)=O)cc1. The van der Waals surface area contributed by atoms with Gasteiger partial charge in [-0.2, -0.15) is 0 Å². The van der Waals surface area contributed by atoms with Crippen LogP contribution < -0.4 is 16.4 Å². The van der Waals surface area contributed by atoms with Gasteiger partial charge in [-0.1, -0.05) is 29.8 Å². The first kappa shape index (κ1) is 20.7. The van der Waals surface area contributed by atoms with Crippen LogP contribution in [0.1, 0.15) is 55.6 Å². The van der Waals surface area contributed by atoms with Crippen molar-refractivity contribution < 1.29 is 14.4 Å². The summed E-state index contributed by atoms with van der Waals surface area (Å²) in [6.45, 7) is 1.96. The molecule has 1 aliphatic carbocycles. The number of fused-ring (bicyclic) bond motifs is 1. The molecule has 4 N–H and O–H groups in total. The number of aromatic nitrogens is 1. The number of hydrogen-bond donors (Lipinski definition) is 3. The van der Waals surface area contributed by atoms with Crippen LogP contribution in [0.25, 0.3) is 0 Å². The smallest absolute Gasteiger partial charge is 0.257 e. The van der Waals surface area contributed by atoms with E-state index in [9.17, 15) is 14.4 Å². The number of nitrogens with zero attached hydrogens (tertiary/aromatic N) is 1. The van der Waals surface area contributed by atoms with Crippen molar-refractivity contribution in [1.29, 1.82) is 0 Å². The quantitative estimate of drug-likeness (QED) is 0.566. The number of nitrogens with two attached hydrogens (primary N) is 1. The van der Waals surface area contributed by atoms with E-state index in [2.05, 4.69) is 15.6 Å². The van der Waals surface area contributed by atoms with Gasteiger partial charge in [0.1, 0.15) is 0 Å². The van der Waals surface area contributed by atoms with Gasteiger partial charge in [0.15, 0.2) is 5.13 Å². The van der Waals surface area contributed by atoms with Gasteiger partial charge in [-0.05, 0) is 50.5 Å². The number of carbonyl (C=O) groups is 3. The third kappa shape index (κ3) is 4.49. The van der Waals surface area contributed by atoms with Crippen molar-refractivity contribution in [2.75, 3.05) is 10.6 Å². The molecular weight excluding hydrogens is 412 g/mol. The fourth-order valence-corrected chi connectivity index (χ4v) is 4.69. The molecule has 7 nitrogen and oxygen atoms in total. The Balaban J connectivity index is 1.52. The molecule has 31 heavy (non-hydrogen) atoms. The summed E-state index contributed by atoms with van der Waals surface area (Å²) in [5, 5.41) is 6.14. The summed E-state index contributed by atoms with van der Waals surface area (Å²) in [5.74, 6) is -1.53. The van der Waals surface area contributed by atoms with Crippen molar-refractivity contribution in [3.8, 4) is 0 Å². The fourth-order valence-electron chi connectivity index (χ4n) is 3.63. The van der Waals surface area contributed by atoms with Crippen LogP contribution in [0.5, 0.6) is 0 Å². The van der Waals surface area contributed by atoms with Crippen molar-refractivity contribution in [3.05, 3.63) is 75.8 Å².